The van der Waals surface area contributed by atoms with E-state index in [1.165, 1.54) is 5.56 Å². The Balaban J connectivity index is 1.38. The van der Waals surface area contributed by atoms with E-state index < -0.39 is 6.04 Å². The molecule has 0 unspecified atom stereocenters. The lowest BCUT2D eigenvalue weighted by Crippen LogP contribution is -2.54. The van der Waals surface area contributed by atoms with Crippen LogP contribution < -0.4 is 14.4 Å². The first-order chi connectivity index (χ1) is 18.6. The maximum atomic E-state index is 14.0. The van der Waals surface area contributed by atoms with Gasteiger partial charge in [0.25, 0.3) is 0 Å². The molecule has 3 aromatic carbocycles. The summed E-state index contributed by atoms with van der Waals surface area (Å²) in [6.45, 7) is 3.94. The minimum Gasteiger partial charge on any atom is -0.497 e. The summed E-state index contributed by atoms with van der Waals surface area (Å²) in [6, 6.07) is 25.3. The van der Waals surface area contributed by atoms with Gasteiger partial charge in [-0.2, -0.15) is 0 Å². The summed E-state index contributed by atoms with van der Waals surface area (Å²) in [5.74, 6) is 1.28. The zero-order chi connectivity index (χ0) is 26.5. The van der Waals surface area contributed by atoms with E-state index in [1.807, 2.05) is 59.5 Å². The predicted octanol–water partition coefficient (Wildman–Crippen LogP) is 4.53. The number of nitrogens with zero attached hydrogens (tertiary/aromatic N) is 3. The van der Waals surface area contributed by atoms with Gasteiger partial charge in [-0.1, -0.05) is 42.5 Å². The smallest absolute Gasteiger partial charge is 0.228 e. The lowest BCUT2D eigenvalue weighted by atomic mass is 9.82. The number of hydrogen-bond acceptors (Lipinski definition) is 5. The van der Waals surface area contributed by atoms with Crippen molar-refractivity contribution in [1.29, 1.82) is 0 Å². The van der Waals surface area contributed by atoms with E-state index in [-0.39, 0.29) is 17.7 Å². The number of methoxy groups -OCH3 is 2. The second-order valence-electron chi connectivity index (χ2n) is 9.91. The highest BCUT2D eigenvalue weighted by Gasteiger charge is 2.43. The molecule has 2 aliphatic heterocycles. The highest BCUT2D eigenvalue weighted by molar-refractivity contribution is 5.97. The Labute approximate surface area is 224 Å². The molecule has 2 fully saturated rings. The van der Waals surface area contributed by atoms with Gasteiger partial charge in [0.2, 0.25) is 11.8 Å². The summed E-state index contributed by atoms with van der Waals surface area (Å²) in [4.78, 5) is 33.6. The van der Waals surface area contributed by atoms with Crippen LogP contribution in [0.25, 0.3) is 0 Å². The van der Waals surface area contributed by atoms with Crippen LogP contribution in [0.4, 0.5) is 5.69 Å². The molecule has 2 aliphatic rings. The number of piperazine rings is 1. The Hall–Kier alpha value is -3.84. The maximum Gasteiger partial charge on any atom is 0.228 e. The van der Waals surface area contributed by atoms with Crippen LogP contribution >= 0.6 is 0 Å². The summed E-state index contributed by atoms with van der Waals surface area (Å²) in [7, 11) is 3.25. The van der Waals surface area contributed by atoms with Crippen molar-refractivity contribution in [3.63, 3.8) is 0 Å². The van der Waals surface area contributed by atoms with Crippen LogP contribution in [-0.4, -0.2) is 62.0 Å². The summed E-state index contributed by atoms with van der Waals surface area (Å²) < 4.78 is 10.7. The first-order valence-electron chi connectivity index (χ1n) is 13.2. The van der Waals surface area contributed by atoms with Crippen molar-refractivity contribution < 1.29 is 19.1 Å². The average Bonchev–Trinajstić information content (AvgIpc) is 2.98. The minimum absolute atomic E-state index is 0.0210. The molecule has 7 nitrogen and oxygen atoms in total. The average molecular weight is 514 g/mol. The molecule has 0 aliphatic carbocycles. The molecule has 7 heteroatoms. The van der Waals surface area contributed by atoms with Crippen molar-refractivity contribution in [2.45, 2.75) is 25.4 Å². The molecule has 2 saturated heterocycles. The number of amides is 2. The van der Waals surface area contributed by atoms with Gasteiger partial charge in [0.1, 0.15) is 11.5 Å². The zero-order valence-corrected chi connectivity index (χ0v) is 22.1. The fraction of sp³-hybridized carbons (Fsp3) is 0.355. The minimum atomic E-state index is -0.398. The van der Waals surface area contributed by atoms with Crippen molar-refractivity contribution in [1.82, 2.24) is 9.80 Å². The van der Waals surface area contributed by atoms with Crippen LogP contribution in [0.1, 0.15) is 30.0 Å². The second-order valence-corrected chi connectivity index (χ2v) is 9.91. The molecule has 0 aromatic heterocycles. The fourth-order valence-electron chi connectivity index (χ4n) is 5.58. The van der Waals surface area contributed by atoms with Gasteiger partial charge in [0, 0.05) is 44.8 Å². The van der Waals surface area contributed by atoms with Gasteiger partial charge in [0.05, 0.1) is 26.2 Å². The zero-order valence-electron chi connectivity index (χ0n) is 22.1. The number of carbonyl (C=O) groups is 2. The highest BCUT2D eigenvalue weighted by Crippen LogP contribution is 2.41. The third-order valence-electron chi connectivity index (χ3n) is 7.66. The van der Waals surface area contributed by atoms with Crippen LogP contribution in [0.15, 0.2) is 78.9 Å². The molecular weight excluding hydrogens is 478 g/mol. The molecule has 2 heterocycles. The number of benzene rings is 3. The first kappa shape index (κ1) is 25.8. The summed E-state index contributed by atoms with van der Waals surface area (Å²) in [6.07, 6.45) is 0.869. The van der Waals surface area contributed by atoms with E-state index in [9.17, 15) is 9.59 Å². The molecule has 3 aromatic rings. The molecule has 0 N–H and O–H groups in total. The Kier molecular flexibility index (Phi) is 7.94. The highest BCUT2D eigenvalue weighted by atomic mass is 16.5. The Morgan fingerprint density at radius 2 is 1.42 bits per heavy atom. The van der Waals surface area contributed by atoms with E-state index in [2.05, 4.69) is 29.2 Å². The molecule has 5 rings (SSSR count). The molecule has 2 atom stereocenters. The van der Waals surface area contributed by atoms with Crippen molar-refractivity contribution in [2.24, 2.45) is 5.92 Å². The van der Waals surface area contributed by atoms with Gasteiger partial charge in [-0.25, -0.2) is 0 Å². The van der Waals surface area contributed by atoms with E-state index in [1.54, 1.807) is 19.1 Å². The standard InChI is InChI=1S/C31H35N3O4/c1-37-26-12-8-24(9-13-26)30-28(16-17-29(35)34(30)25-10-14-27(38-2)15-11-25)31(36)33-20-18-32(19-21-33)22-23-6-4-3-5-7-23/h3-15,28,30H,16-22H2,1-2H3/t28-,30-/m0/s1. The Morgan fingerprint density at radius 1 is 0.816 bits per heavy atom. The number of piperidine rings is 1. The quantitative estimate of drug-likeness (QED) is 0.465. The lowest BCUT2D eigenvalue weighted by molar-refractivity contribution is -0.140. The summed E-state index contributed by atoms with van der Waals surface area (Å²) in [5.41, 5.74) is 2.98. The van der Waals surface area contributed by atoms with Crippen LogP contribution in [0.3, 0.4) is 0 Å². The van der Waals surface area contributed by atoms with Crippen molar-refractivity contribution in [2.75, 3.05) is 45.3 Å². The Bertz CT molecular complexity index is 1220. The van der Waals surface area contributed by atoms with E-state index in [4.69, 9.17) is 9.47 Å². The number of carbonyl (C=O) groups excluding carboxylic acids is 2. The number of anilines is 1. The molecular formula is C31H35N3O4. The molecule has 38 heavy (non-hydrogen) atoms. The van der Waals surface area contributed by atoms with E-state index >= 15 is 0 Å². The van der Waals surface area contributed by atoms with Crippen LogP contribution in [0.5, 0.6) is 11.5 Å². The molecule has 0 radical (unpaired) electrons. The van der Waals surface area contributed by atoms with Gasteiger partial charge < -0.3 is 19.3 Å². The third kappa shape index (κ3) is 5.53. The van der Waals surface area contributed by atoms with Crippen molar-refractivity contribution in [3.8, 4) is 11.5 Å². The molecule has 0 saturated carbocycles. The number of hydrogen-bond donors (Lipinski definition) is 0. The normalized spacial score (nSPS) is 20.3. The van der Waals surface area contributed by atoms with Gasteiger partial charge in [0.15, 0.2) is 0 Å². The van der Waals surface area contributed by atoms with Gasteiger partial charge >= 0.3 is 0 Å². The first-order valence-corrected chi connectivity index (χ1v) is 13.2. The molecule has 0 bridgehead atoms. The molecule has 2 amide bonds. The third-order valence-corrected chi connectivity index (χ3v) is 7.66. The second kappa shape index (κ2) is 11.7. The fourth-order valence-corrected chi connectivity index (χ4v) is 5.58. The van der Waals surface area contributed by atoms with Crippen LogP contribution in [0, 0.1) is 5.92 Å². The van der Waals surface area contributed by atoms with Crippen molar-refractivity contribution >= 4 is 17.5 Å². The number of rotatable bonds is 7. The van der Waals surface area contributed by atoms with E-state index in [0.717, 1.165) is 42.4 Å². The molecule has 198 valence electrons. The Morgan fingerprint density at radius 3 is 2.03 bits per heavy atom. The molecule has 0 spiro atoms. The predicted molar refractivity (Wildman–Crippen MR) is 147 cm³/mol. The van der Waals surface area contributed by atoms with Gasteiger partial charge in [-0.05, 0) is 53.9 Å². The van der Waals surface area contributed by atoms with Crippen LogP contribution in [-0.2, 0) is 16.1 Å². The lowest BCUT2D eigenvalue weighted by Gasteiger charge is -2.44. The summed E-state index contributed by atoms with van der Waals surface area (Å²) >= 11 is 0. The SMILES string of the molecule is COc1ccc([C@H]2[C@@H](C(=O)N3CCN(Cc4ccccc4)CC3)CCC(=O)N2c2ccc(OC)cc2)cc1. The topological polar surface area (TPSA) is 62.3 Å². The number of ether oxygens (including phenoxy) is 2. The van der Waals surface area contributed by atoms with E-state index in [0.29, 0.717) is 25.9 Å². The maximum absolute atomic E-state index is 14.0. The van der Waals surface area contributed by atoms with Gasteiger partial charge in [-0.15, -0.1) is 0 Å². The largest absolute Gasteiger partial charge is 0.497 e. The van der Waals surface area contributed by atoms with Gasteiger partial charge in [-0.3, -0.25) is 14.5 Å². The monoisotopic (exact) mass is 513 g/mol. The van der Waals surface area contributed by atoms with Crippen molar-refractivity contribution in [3.05, 3.63) is 90.0 Å². The summed E-state index contributed by atoms with van der Waals surface area (Å²) in [5, 5.41) is 0. The van der Waals surface area contributed by atoms with Crippen LogP contribution in [0.2, 0.25) is 0 Å².